The first kappa shape index (κ1) is 14.8. The molecule has 5 nitrogen and oxygen atoms in total. The monoisotopic (exact) mass is 270 g/mol. The molecular weight excluding hydrogens is 244 g/mol. The Morgan fingerprint density at radius 2 is 2.32 bits per heavy atom. The first-order valence-corrected chi connectivity index (χ1v) is 7.23. The van der Waals surface area contributed by atoms with Gasteiger partial charge < -0.3 is 20.1 Å². The second-order valence-electron chi connectivity index (χ2n) is 5.91. The quantitative estimate of drug-likeness (QED) is 0.748. The molecular formula is C14H26N2O3. The number of carbonyl (C=O) groups is 1. The van der Waals surface area contributed by atoms with Gasteiger partial charge in [-0.1, -0.05) is 6.42 Å². The average Bonchev–Trinajstić information content (AvgIpc) is 3.05. The van der Waals surface area contributed by atoms with E-state index in [1.165, 1.54) is 7.11 Å². The van der Waals surface area contributed by atoms with Gasteiger partial charge in [-0.15, -0.1) is 0 Å². The standard InChI is InChI=1S/C14H26N2O3/c1-16(12-6-9-19-10-12)8-5-11-4-3-7-14(11,15)13(17)18-2/h11-12H,3-10,15H2,1-2H3. The van der Waals surface area contributed by atoms with Crippen LogP contribution in [-0.2, 0) is 14.3 Å². The molecule has 1 heterocycles. The molecule has 0 radical (unpaired) electrons. The van der Waals surface area contributed by atoms with Gasteiger partial charge in [0.25, 0.3) is 0 Å². The zero-order valence-corrected chi connectivity index (χ0v) is 12.1. The van der Waals surface area contributed by atoms with E-state index in [1.54, 1.807) is 0 Å². The normalized spacial score (nSPS) is 34.9. The third kappa shape index (κ3) is 3.09. The number of ether oxygens (including phenoxy) is 2. The van der Waals surface area contributed by atoms with Crippen LogP contribution in [0, 0.1) is 5.92 Å². The summed E-state index contributed by atoms with van der Waals surface area (Å²) in [6.45, 7) is 2.65. The van der Waals surface area contributed by atoms with Crippen molar-refractivity contribution in [3.8, 4) is 0 Å². The first-order valence-electron chi connectivity index (χ1n) is 7.23. The maximum atomic E-state index is 11.9. The molecule has 1 saturated heterocycles. The number of rotatable bonds is 5. The SMILES string of the molecule is COC(=O)C1(N)CCCC1CCN(C)C1CCOC1. The number of hydrogen-bond donors (Lipinski definition) is 1. The predicted molar refractivity (Wildman–Crippen MR) is 72.7 cm³/mol. The number of likely N-dealkylation sites (N-methyl/N-ethyl adjacent to an activating group) is 1. The van der Waals surface area contributed by atoms with E-state index < -0.39 is 5.54 Å². The summed E-state index contributed by atoms with van der Waals surface area (Å²) in [6, 6.07) is 0.520. The number of esters is 1. The Balaban J connectivity index is 1.85. The fraction of sp³-hybridized carbons (Fsp3) is 0.929. The summed E-state index contributed by atoms with van der Waals surface area (Å²) >= 11 is 0. The molecule has 3 unspecified atom stereocenters. The van der Waals surface area contributed by atoms with E-state index in [0.29, 0.717) is 6.04 Å². The lowest BCUT2D eigenvalue weighted by Crippen LogP contribution is -2.52. The number of nitrogens with zero attached hydrogens (tertiary/aromatic N) is 1. The third-order valence-electron chi connectivity index (χ3n) is 4.80. The van der Waals surface area contributed by atoms with Crippen LogP contribution in [0.15, 0.2) is 0 Å². The Morgan fingerprint density at radius 3 is 2.95 bits per heavy atom. The highest BCUT2D eigenvalue weighted by molar-refractivity contribution is 5.81. The van der Waals surface area contributed by atoms with Gasteiger partial charge in [-0.3, -0.25) is 4.79 Å². The van der Waals surface area contributed by atoms with Gasteiger partial charge in [0.15, 0.2) is 0 Å². The van der Waals surface area contributed by atoms with Crippen molar-refractivity contribution in [1.82, 2.24) is 4.90 Å². The van der Waals surface area contributed by atoms with Gasteiger partial charge in [-0.25, -0.2) is 0 Å². The van der Waals surface area contributed by atoms with Crippen LogP contribution < -0.4 is 5.73 Å². The Labute approximate surface area is 115 Å². The maximum Gasteiger partial charge on any atom is 0.326 e. The molecule has 0 spiro atoms. The lowest BCUT2D eigenvalue weighted by Gasteiger charge is -2.31. The fourth-order valence-electron chi connectivity index (χ4n) is 3.38. The van der Waals surface area contributed by atoms with Crippen molar-refractivity contribution < 1.29 is 14.3 Å². The van der Waals surface area contributed by atoms with E-state index in [-0.39, 0.29) is 11.9 Å². The highest BCUT2D eigenvalue weighted by atomic mass is 16.5. The Morgan fingerprint density at radius 1 is 1.53 bits per heavy atom. The van der Waals surface area contributed by atoms with Gasteiger partial charge in [-0.2, -0.15) is 0 Å². The van der Waals surface area contributed by atoms with Crippen LogP contribution in [0.5, 0.6) is 0 Å². The van der Waals surface area contributed by atoms with Crippen LogP contribution >= 0.6 is 0 Å². The van der Waals surface area contributed by atoms with Gasteiger partial charge >= 0.3 is 5.97 Å². The second kappa shape index (κ2) is 6.20. The van der Waals surface area contributed by atoms with Gasteiger partial charge in [0.05, 0.1) is 13.7 Å². The zero-order valence-electron chi connectivity index (χ0n) is 12.1. The summed E-state index contributed by atoms with van der Waals surface area (Å²) < 4.78 is 10.3. The highest BCUT2D eigenvalue weighted by Crippen LogP contribution is 2.37. The van der Waals surface area contributed by atoms with Crippen LogP contribution in [-0.4, -0.2) is 56.4 Å². The Hall–Kier alpha value is -0.650. The molecule has 110 valence electrons. The van der Waals surface area contributed by atoms with Crippen LogP contribution in [0.25, 0.3) is 0 Å². The van der Waals surface area contributed by atoms with Crippen molar-refractivity contribution >= 4 is 5.97 Å². The minimum absolute atomic E-state index is 0.240. The average molecular weight is 270 g/mol. The zero-order chi connectivity index (χ0) is 13.9. The largest absolute Gasteiger partial charge is 0.468 e. The molecule has 1 aliphatic carbocycles. The lowest BCUT2D eigenvalue weighted by molar-refractivity contribution is -0.148. The van der Waals surface area contributed by atoms with E-state index in [4.69, 9.17) is 15.2 Å². The molecule has 0 aromatic carbocycles. The van der Waals surface area contributed by atoms with Crippen molar-refractivity contribution in [1.29, 1.82) is 0 Å². The molecule has 0 amide bonds. The highest BCUT2D eigenvalue weighted by Gasteiger charge is 2.46. The number of hydrogen-bond acceptors (Lipinski definition) is 5. The molecule has 2 fully saturated rings. The van der Waals surface area contributed by atoms with Crippen LogP contribution in [0.2, 0.25) is 0 Å². The molecule has 0 aromatic rings. The van der Waals surface area contributed by atoms with Crippen molar-refractivity contribution in [2.24, 2.45) is 11.7 Å². The fourth-order valence-corrected chi connectivity index (χ4v) is 3.38. The summed E-state index contributed by atoms with van der Waals surface area (Å²) in [5, 5.41) is 0. The van der Waals surface area contributed by atoms with Crippen LogP contribution in [0.4, 0.5) is 0 Å². The molecule has 0 bridgehead atoms. The van der Waals surface area contributed by atoms with E-state index >= 15 is 0 Å². The van der Waals surface area contributed by atoms with Gasteiger partial charge in [-0.05, 0) is 45.2 Å². The van der Waals surface area contributed by atoms with Crippen molar-refractivity contribution in [2.45, 2.75) is 43.7 Å². The minimum Gasteiger partial charge on any atom is -0.468 e. The second-order valence-corrected chi connectivity index (χ2v) is 5.91. The van der Waals surface area contributed by atoms with E-state index in [9.17, 15) is 4.79 Å². The third-order valence-corrected chi connectivity index (χ3v) is 4.80. The molecule has 3 atom stereocenters. The number of carbonyl (C=O) groups excluding carboxylic acids is 1. The van der Waals surface area contributed by atoms with E-state index in [2.05, 4.69) is 11.9 Å². The Bertz CT molecular complexity index is 318. The smallest absolute Gasteiger partial charge is 0.326 e. The molecule has 0 aromatic heterocycles. The molecule has 1 aliphatic heterocycles. The van der Waals surface area contributed by atoms with E-state index in [1.807, 2.05) is 0 Å². The van der Waals surface area contributed by atoms with Gasteiger partial charge in [0, 0.05) is 12.6 Å². The molecule has 2 rings (SSSR count). The van der Waals surface area contributed by atoms with Crippen LogP contribution in [0.3, 0.4) is 0 Å². The van der Waals surface area contributed by atoms with Crippen LogP contribution in [0.1, 0.15) is 32.1 Å². The van der Waals surface area contributed by atoms with Gasteiger partial charge in [0.2, 0.25) is 0 Å². The molecule has 19 heavy (non-hydrogen) atoms. The van der Waals surface area contributed by atoms with E-state index in [0.717, 1.165) is 51.9 Å². The maximum absolute atomic E-state index is 11.9. The van der Waals surface area contributed by atoms with Crippen molar-refractivity contribution in [3.05, 3.63) is 0 Å². The minimum atomic E-state index is -0.762. The van der Waals surface area contributed by atoms with Gasteiger partial charge in [0.1, 0.15) is 5.54 Å². The summed E-state index contributed by atoms with van der Waals surface area (Å²) in [7, 11) is 3.55. The summed E-state index contributed by atoms with van der Waals surface area (Å²) in [5.74, 6) is -0.00780. The summed E-state index contributed by atoms with van der Waals surface area (Å²) in [4.78, 5) is 14.2. The van der Waals surface area contributed by atoms with Crippen molar-refractivity contribution in [2.75, 3.05) is 33.9 Å². The Kier molecular flexibility index (Phi) is 4.81. The molecule has 1 saturated carbocycles. The summed E-state index contributed by atoms with van der Waals surface area (Å²) in [6.07, 6.45) is 4.86. The lowest BCUT2D eigenvalue weighted by atomic mass is 9.85. The number of methoxy groups -OCH3 is 1. The molecule has 2 aliphatic rings. The van der Waals surface area contributed by atoms with Crippen molar-refractivity contribution in [3.63, 3.8) is 0 Å². The number of nitrogens with two attached hydrogens (primary N) is 1. The molecule has 5 heteroatoms. The predicted octanol–water partition coefficient (Wildman–Crippen LogP) is 0.768. The first-order chi connectivity index (χ1) is 9.08. The molecule has 2 N–H and O–H groups in total. The topological polar surface area (TPSA) is 64.8 Å². The summed E-state index contributed by atoms with van der Waals surface area (Å²) in [5.41, 5.74) is 5.52.